The second-order valence-corrected chi connectivity index (χ2v) is 5.70. The molecule has 0 aliphatic carbocycles. The van der Waals surface area contributed by atoms with Gasteiger partial charge < -0.3 is 14.8 Å². The highest BCUT2D eigenvalue weighted by atomic mass is 31.2. The van der Waals surface area contributed by atoms with Crippen molar-refractivity contribution in [3.63, 3.8) is 0 Å². The molecule has 0 heterocycles. The van der Waals surface area contributed by atoms with Crippen molar-refractivity contribution in [2.24, 2.45) is 11.7 Å². The second kappa shape index (κ2) is 5.76. The number of nitrogens with two attached hydrogens (primary N) is 1. The van der Waals surface area contributed by atoms with E-state index in [1.54, 1.807) is 6.92 Å². The van der Waals surface area contributed by atoms with Crippen LogP contribution in [0.2, 0.25) is 0 Å². The summed E-state index contributed by atoms with van der Waals surface area (Å²) in [6.45, 7) is 6.17. The van der Waals surface area contributed by atoms with E-state index in [0.717, 1.165) is 0 Å². The van der Waals surface area contributed by atoms with Gasteiger partial charge in [0.25, 0.3) is 0 Å². The summed E-state index contributed by atoms with van der Waals surface area (Å²) in [5.41, 5.74) is 5.74. The van der Waals surface area contributed by atoms with Crippen molar-refractivity contribution < 1.29 is 13.6 Å². The molecule has 0 rings (SSSR count). The van der Waals surface area contributed by atoms with Gasteiger partial charge in [0.15, 0.2) is 0 Å². The molecule has 0 amide bonds. The Hall–Kier alpha value is 0.110. The van der Waals surface area contributed by atoms with Crippen LogP contribution in [0.5, 0.6) is 0 Å². The smallest absolute Gasteiger partial charge is 0.318 e. The van der Waals surface area contributed by atoms with E-state index in [4.69, 9.17) is 14.8 Å². The highest BCUT2D eigenvalue weighted by Gasteiger charge is 2.31. The average Bonchev–Trinajstić information content (AvgIpc) is 2.03. The van der Waals surface area contributed by atoms with Gasteiger partial charge in [0.1, 0.15) is 5.78 Å². The molecule has 0 aliphatic rings. The summed E-state index contributed by atoms with van der Waals surface area (Å²) in [7, 11) is -1.70. The third-order valence-electron chi connectivity index (χ3n) is 1.68. The van der Waals surface area contributed by atoms with E-state index < -0.39 is 13.4 Å². The normalized spacial score (nSPS) is 18.6. The molecule has 2 atom stereocenters. The fourth-order valence-electron chi connectivity index (χ4n) is 1.08. The van der Waals surface area contributed by atoms with Crippen LogP contribution < -0.4 is 5.73 Å². The van der Waals surface area contributed by atoms with Gasteiger partial charge in [-0.25, -0.2) is 0 Å². The lowest BCUT2D eigenvalue weighted by atomic mass is 10.1. The van der Waals surface area contributed by atoms with E-state index in [2.05, 4.69) is 0 Å². The highest BCUT2D eigenvalue weighted by molar-refractivity contribution is 7.54. The maximum atomic E-state index is 11.8. The Bertz CT molecular complexity index is 184. The van der Waals surface area contributed by atoms with E-state index >= 15 is 0 Å². The summed E-state index contributed by atoms with van der Waals surface area (Å²) in [6, 6.07) is 0. The third kappa shape index (κ3) is 4.23. The number of rotatable bonds is 6. The van der Waals surface area contributed by atoms with Crippen LogP contribution in [0.15, 0.2) is 0 Å². The van der Waals surface area contributed by atoms with Crippen molar-refractivity contribution >= 4 is 7.60 Å². The summed E-state index contributed by atoms with van der Waals surface area (Å²) in [5, 5.41) is 0. The zero-order valence-corrected chi connectivity index (χ0v) is 9.71. The molecular weight excluding hydrogens is 189 g/mol. The van der Waals surface area contributed by atoms with Crippen molar-refractivity contribution in [2.75, 3.05) is 13.7 Å². The minimum absolute atomic E-state index is 0.358. The molecule has 2 N–H and O–H groups in total. The van der Waals surface area contributed by atoms with Gasteiger partial charge in [-0.15, -0.1) is 0 Å². The number of hydrogen-bond acceptors (Lipinski definition) is 4. The van der Waals surface area contributed by atoms with Crippen LogP contribution in [0.1, 0.15) is 27.2 Å². The minimum atomic E-state index is -3.07. The first-order valence-corrected chi connectivity index (χ1v) is 6.13. The quantitative estimate of drug-likeness (QED) is 0.681. The molecule has 0 aromatic rings. The van der Waals surface area contributed by atoms with E-state index in [9.17, 15) is 4.57 Å². The number of hydrogen-bond donors (Lipinski definition) is 1. The lowest BCUT2D eigenvalue weighted by Gasteiger charge is -2.22. The average molecular weight is 209 g/mol. The van der Waals surface area contributed by atoms with E-state index in [0.29, 0.717) is 18.9 Å². The first kappa shape index (κ1) is 13.1. The van der Waals surface area contributed by atoms with Gasteiger partial charge in [0, 0.05) is 7.11 Å². The van der Waals surface area contributed by atoms with Crippen LogP contribution in [0.25, 0.3) is 0 Å². The fraction of sp³-hybridized carbons (Fsp3) is 1.00. The zero-order chi connectivity index (χ0) is 10.5. The van der Waals surface area contributed by atoms with Crippen molar-refractivity contribution in [3.05, 3.63) is 0 Å². The van der Waals surface area contributed by atoms with E-state index in [-0.39, 0.29) is 0 Å². The Labute approximate surface area is 80.3 Å². The van der Waals surface area contributed by atoms with Crippen LogP contribution in [0, 0.1) is 5.92 Å². The lowest BCUT2D eigenvalue weighted by Crippen LogP contribution is -2.24. The molecule has 0 saturated carbocycles. The van der Waals surface area contributed by atoms with Crippen molar-refractivity contribution in [3.8, 4) is 0 Å². The topological polar surface area (TPSA) is 61.5 Å². The second-order valence-electron chi connectivity index (χ2n) is 3.34. The van der Waals surface area contributed by atoms with Crippen molar-refractivity contribution in [1.82, 2.24) is 0 Å². The molecule has 0 saturated heterocycles. The van der Waals surface area contributed by atoms with Crippen molar-refractivity contribution in [1.29, 1.82) is 0 Å². The summed E-state index contributed by atoms with van der Waals surface area (Å²) in [4.78, 5) is 0. The van der Waals surface area contributed by atoms with Crippen LogP contribution in [0.4, 0.5) is 0 Å². The van der Waals surface area contributed by atoms with Gasteiger partial charge in [0.05, 0.1) is 6.61 Å². The lowest BCUT2D eigenvalue weighted by molar-refractivity contribution is 0.232. The van der Waals surface area contributed by atoms with Crippen LogP contribution in [0.3, 0.4) is 0 Å². The zero-order valence-electron chi connectivity index (χ0n) is 8.82. The van der Waals surface area contributed by atoms with Gasteiger partial charge >= 0.3 is 7.60 Å². The standard InChI is InChI=1S/C8H20NO3P/c1-5-12-13(10,11-4)8(9)6-7(2)3/h7-8H,5-6,9H2,1-4H3. The molecule has 0 spiro atoms. The fourth-order valence-corrected chi connectivity index (χ4v) is 2.68. The van der Waals surface area contributed by atoms with Crippen LogP contribution in [-0.2, 0) is 13.6 Å². The summed E-state index contributed by atoms with van der Waals surface area (Å²) in [6.07, 6.45) is 0.644. The molecule has 0 bridgehead atoms. The van der Waals surface area contributed by atoms with E-state index in [1.165, 1.54) is 7.11 Å². The molecule has 5 heteroatoms. The monoisotopic (exact) mass is 209 g/mol. The molecule has 4 nitrogen and oxygen atoms in total. The predicted octanol–water partition coefficient (Wildman–Crippen LogP) is 2.19. The van der Waals surface area contributed by atoms with Gasteiger partial charge in [-0.3, -0.25) is 4.57 Å². The Kier molecular flexibility index (Phi) is 5.81. The van der Waals surface area contributed by atoms with Gasteiger partial charge in [-0.1, -0.05) is 13.8 Å². The molecule has 0 aliphatic heterocycles. The third-order valence-corrected chi connectivity index (χ3v) is 3.83. The molecule has 2 unspecified atom stereocenters. The Balaban J connectivity index is 4.29. The molecule has 0 aromatic carbocycles. The summed E-state index contributed by atoms with van der Waals surface area (Å²) < 4.78 is 21.7. The summed E-state index contributed by atoms with van der Waals surface area (Å²) >= 11 is 0. The minimum Gasteiger partial charge on any atom is -0.318 e. The molecule has 80 valence electrons. The summed E-state index contributed by atoms with van der Waals surface area (Å²) in [5.74, 6) is -0.128. The molecule has 13 heavy (non-hydrogen) atoms. The van der Waals surface area contributed by atoms with Crippen LogP contribution >= 0.6 is 7.60 Å². The SMILES string of the molecule is CCOP(=O)(OC)C(N)CC(C)C. The van der Waals surface area contributed by atoms with Gasteiger partial charge in [-0.05, 0) is 19.3 Å². The maximum Gasteiger partial charge on any atom is 0.346 e. The van der Waals surface area contributed by atoms with Crippen LogP contribution in [-0.4, -0.2) is 19.5 Å². The highest BCUT2D eigenvalue weighted by Crippen LogP contribution is 2.51. The van der Waals surface area contributed by atoms with Gasteiger partial charge in [-0.2, -0.15) is 0 Å². The molecule has 0 aromatic heterocycles. The first-order valence-electron chi connectivity index (χ1n) is 4.51. The molecule has 0 radical (unpaired) electrons. The largest absolute Gasteiger partial charge is 0.346 e. The Morgan fingerprint density at radius 3 is 2.31 bits per heavy atom. The molecular formula is C8H20NO3P. The van der Waals surface area contributed by atoms with Crippen molar-refractivity contribution in [2.45, 2.75) is 33.0 Å². The Morgan fingerprint density at radius 2 is 2.00 bits per heavy atom. The first-order chi connectivity index (χ1) is 5.96. The predicted molar refractivity (Wildman–Crippen MR) is 53.7 cm³/mol. The maximum absolute atomic E-state index is 11.8. The van der Waals surface area contributed by atoms with Gasteiger partial charge in [0.2, 0.25) is 0 Å². The Morgan fingerprint density at radius 1 is 1.46 bits per heavy atom. The van der Waals surface area contributed by atoms with E-state index in [1.807, 2.05) is 13.8 Å². The molecule has 0 fully saturated rings.